The summed E-state index contributed by atoms with van der Waals surface area (Å²) in [6.45, 7) is 6.55. The minimum absolute atomic E-state index is 0.988. The van der Waals surface area contributed by atoms with Crippen LogP contribution in [0.4, 0.5) is 0 Å². The molecule has 1 heteroatoms. The lowest BCUT2D eigenvalue weighted by Gasteiger charge is -2.47. The maximum absolute atomic E-state index is 2.55. The van der Waals surface area contributed by atoms with E-state index in [0.29, 0.717) is 0 Å². The number of rotatable bonds is 0. The van der Waals surface area contributed by atoms with Crippen LogP contribution < -0.4 is 0 Å². The van der Waals surface area contributed by atoms with Gasteiger partial charge in [-0.3, -0.25) is 0 Å². The summed E-state index contributed by atoms with van der Waals surface area (Å²) in [5.74, 6) is 2.07. The smallest absolute Gasteiger partial charge is 0.00222 e. The summed E-state index contributed by atoms with van der Waals surface area (Å²) in [6.07, 6.45) is 1.50. The van der Waals surface area contributed by atoms with Gasteiger partial charge in [0.1, 0.15) is 0 Å². The van der Waals surface area contributed by atoms with Gasteiger partial charge in [0.25, 0.3) is 0 Å². The minimum Gasteiger partial charge on any atom is -0.302 e. The highest BCUT2D eigenvalue weighted by molar-refractivity contribution is 4.87. The van der Waals surface area contributed by atoms with Crippen molar-refractivity contribution in [1.82, 2.24) is 4.90 Å². The van der Waals surface area contributed by atoms with Crippen LogP contribution in [-0.2, 0) is 0 Å². The zero-order valence-corrected chi connectivity index (χ0v) is 5.43. The lowest BCUT2D eigenvalue weighted by molar-refractivity contribution is 0.0162. The van der Waals surface area contributed by atoms with Gasteiger partial charge in [-0.25, -0.2) is 0 Å². The molecule has 1 unspecified atom stereocenters. The molecule has 0 aromatic carbocycles. The second-order valence-corrected chi connectivity index (χ2v) is 3.43. The Morgan fingerprint density at radius 2 is 2.00 bits per heavy atom. The monoisotopic (exact) mass is 111 g/mol. The molecule has 0 spiro atoms. The van der Waals surface area contributed by atoms with Crippen molar-refractivity contribution >= 4 is 0 Å². The van der Waals surface area contributed by atoms with E-state index < -0.39 is 0 Å². The SMILES string of the molecule is CC1CC2CN(C1)C2. The topological polar surface area (TPSA) is 3.24 Å². The van der Waals surface area contributed by atoms with E-state index in [4.69, 9.17) is 0 Å². The molecular weight excluding hydrogens is 98.1 g/mol. The fourth-order valence-electron chi connectivity index (χ4n) is 2.06. The molecular formula is C7H13N. The largest absolute Gasteiger partial charge is 0.302 e. The van der Waals surface area contributed by atoms with Gasteiger partial charge in [-0.15, -0.1) is 0 Å². The Morgan fingerprint density at radius 3 is 2.25 bits per heavy atom. The van der Waals surface area contributed by atoms with Crippen LogP contribution in [0.5, 0.6) is 0 Å². The first-order valence-electron chi connectivity index (χ1n) is 3.57. The first-order valence-corrected chi connectivity index (χ1v) is 3.57. The van der Waals surface area contributed by atoms with Gasteiger partial charge in [-0.05, 0) is 18.3 Å². The van der Waals surface area contributed by atoms with Crippen molar-refractivity contribution in [3.8, 4) is 0 Å². The molecule has 46 valence electrons. The maximum atomic E-state index is 2.55. The number of hydrogen-bond donors (Lipinski definition) is 0. The quantitative estimate of drug-likeness (QED) is 0.450. The van der Waals surface area contributed by atoms with Gasteiger partial charge in [0.15, 0.2) is 0 Å². The van der Waals surface area contributed by atoms with Crippen LogP contribution in [0.1, 0.15) is 13.3 Å². The van der Waals surface area contributed by atoms with E-state index in [1.54, 1.807) is 0 Å². The van der Waals surface area contributed by atoms with Crippen molar-refractivity contribution in [2.75, 3.05) is 19.6 Å². The molecule has 3 aliphatic heterocycles. The average Bonchev–Trinajstić information content (AvgIpc) is 1.62. The van der Waals surface area contributed by atoms with Crippen LogP contribution in [0.25, 0.3) is 0 Å². The molecule has 0 radical (unpaired) electrons. The molecule has 0 aromatic heterocycles. The van der Waals surface area contributed by atoms with Crippen LogP contribution in [0.15, 0.2) is 0 Å². The van der Waals surface area contributed by atoms with E-state index in [0.717, 1.165) is 11.8 Å². The van der Waals surface area contributed by atoms with Crippen molar-refractivity contribution in [3.05, 3.63) is 0 Å². The number of piperidine rings is 2. The van der Waals surface area contributed by atoms with Crippen molar-refractivity contribution in [2.45, 2.75) is 13.3 Å². The zero-order chi connectivity index (χ0) is 5.56. The summed E-state index contributed by atoms with van der Waals surface area (Å²) < 4.78 is 0. The highest BCUT2D eigenvalue weighted by Gasteiger charge is 2.33. The van der Waals surface area contributed by atoms with Crippen molar-refractivity contribution in [1.29, 1.82) is 0 Å². The van der Waals surface area contributed by atoms with E-state index in [1.165, 1.54) is 26.1 Å². The molecule has 0 amide bonds. The molecule has 3 saturated heterocycles. The first kappa shape index (κ1) is 4.80. The molecule has 3 aliphatic rings. The van der Waals surface area contributed by atoms with E-state index in [9.17, 15) is 0 Å². The first-order chi connectivity index (χ1) is 3.84. The highest BCUT2D eigenvalue weighted by Crippen LogP contribution is 2.30. The Kier molecular flexibility index (Phi) is 0.884. The average molecular weight is 111 g/mol. The zero-order valence-electron chi connectivity index (χ0n) is 5.43. The number of nitrogens with zero attached hydrogens (tertiary/aromatic N) is 1. The molecule has 3 rings (SSSR count). The predicted octanol–water partition coefficient (Wildman–Crippen LogP) is 0.958. The Morgan fingerprint density at radius 1 is 1.25 bits per heavy atom. The standard InChI is InChI=1S/C7H13N/c1-6-2-7-4-8(3-6)5-7/h6-7H,2-5H2,1H3. The predicted molar refractivity (Wildman–Crippen MR) is 33.7 cm³/mol. The van der Waals surface area contributed by atoms with E-state index in [2.05, 4.69) is 11.8 Å². The number of hydrogen-bond acceptors (Lipinski definition) is 1. The molecule has 2 bridgehead atoms. The fraction of sp³-hybridized carbons (Fsp3) is 1.00. The second kappa shape index (κ2) is 1.47. The van der Waals surface area contributed by atoms with Gasteiger partial charge >= 0.3 is 0 Å². The fourth-order valence-corrected chi connectivity index (χ4v) is 2.06. The molecule has 0 aromatic rings. The summed E-state index contributed by atoms with van der Waals surface area (Å²) in [4.78, 5) is 2.55. The lowest BCUT2D eigenvalue weighted by atomic mass is 9.83. The molecule has 0 aliphatic carbocycles. The third-order valence-electron chi connectivity index (χ3n) is 2.34. The highest BCUT2D eigenvalue weighted by atomic mass is 15.2. The normalized spacial score (nSPS) is 52.9. The van der Waals surface area contributed by atoms with Crippen LogP contribution in [0.2, 0.25) is 0 Å². The number of fused-ring (bicyclic) bond motifs is 2. The van der Waals surface area contributed by atoms with Crippen molar-refractivity contribution in [3.63, 3.8) is 0 Å². The second-order valence-electron chi connectivity index (χ2n) is 3.43. The molecule has 8 heavy (non-hydrogen) atoms. The third kappa shape index (κ3) is 0.576. The summed E-state index contributed by atoms with van der Waals surface area (Å²) in [5.41, 5.74) is 0. The van der Waals surface area contributed by atoms with Gasteiger partial charge in [0, 0.05) is 19.6 Å². The van der Waals surface area contributed by atoms with E-state index in [-0.39, 0.29) is 0 Å². The van der Waals surface area contributed by atoms with E-state index in [1.807, 2.05) is 0 Å². The van der Waals surface area contributed by atoms with Gasteiger partial charge in [-0.1, -0.05) is 6.92 Å². The van der Waals surface area contributed by atoms with Gasteiger partial charge in [-0.2, -0.15) is 0 Å². The maximum Gasteiger partial charge on any atom is 0.00222 e. The van der Waals surface area contributed by atoms with Crippen molar-refractivity contribution < 1.29 is 0 Å². The van der Waals surface area contributed by atoms with Crippen LogP contribution in [0.3, 0.4) is 0 Å². The molecule has 1 nitrogen and oxygen atoms in total. The molecule has 1 atom stereocenters. The molecule has 0 saturated carbocycles. The molecule has 3 fully saturated rings. The Labute approximate surface area is 50.7 Å². The summed E-state index contributed by atoms with van der Waals surface area (Å²) in [5, 5.41) is 0. The lowest BCUT2D eigenvalue weighted by Crippen LogP contribution is -2.53. The third-order valence-corrected chi connectivity index (χ3v) is 2.34. The Balaban J connectivity index is 1.97. The van der Waals surface area contributed by atoms with Crippen LogP contribution in [-0.4, -0.2) is 24.5 Å². The molecule has 3 heterocycles. The van der Waals surface area contributed by atoms with Gasteiger partial charge in [0.05, 0.1) is 0 Å². The van der Waals surface area contributed by atoms with Gasteiger partial charge in [0.2, 0.25) is 0 Å². The summed E-state index contributed by atoms with van der Waals surface area (Å²) >= 11 is 0. The van der Waals surface area contributed by atoms with Gasteiger partial charge < -0.3 is 4.90 Å². The Bertz CT molecular complexity index is 84.6. The molecule has 0 N–H and O–H groups in total. The van der Waals surface area contributed by atoms with Crippen LogP contribution >= 0.6 is 0 Å². The summed E-state index contributed by atoms with van der Waals surface area (Å²) in [7, 11) is 0. The Hall–Kier alpha value is -0.0400. The minimum atomic E-state index is 0.988. The summed E-state index contributed by atoms with van der Waals surface area (Å²) in [6, 6.07) is 0. The van der Waals surface area contributed by atoms with Crippen molar-refractivity contribution in [2.24, 2.45) is 11.8 Å². The van der Waals surface area contributed by atoms with Crippen LogP contribution in [0, 0.1) is 11.8 Å². The van der Waals surface area contributed by atoms with E-state index >= 15 is 0 Å².